The van der Waals surface area contributed by atoms with E-state index in [9.17, 15) is 13.2 Å². The van der Waals surface area contributed by atoms with E-state index in [1.165, 1.54) is 19.1 Å². The van der Waals surface area contributed by atoms with E-state index in [1.54, 1.807) is 12.1 Å². The Balaban J connectivity index is 0.00000112. The van der Waals surface area contributed by atoms with Gasteiger partial charge in [0.25, 0.3) is 0 Å². The molecule has 1 amide bonds. The first-order valence-electron chi connectivity index (χ1n) is 4.16. The molecule has 2 rings (SSSR count). The van der Waals surface area contributed by atoms with Gasteiger partial charge in [-0.25, -0.2) is 8.42 Å². The van der Waals surface area contributed by atoms with Gasteiger partial charge in [0.05, 0.1) is 4.90 Å². The molecule has 2 bridgehead atoms. The van der Waals surface area contributed by atoms with Crippen LogP contribution in [0, 0.1) is 0 Å². The Morgan fingerprint density at radius 1 is 1.33 bits per heavy atom. The normalized spacial score (nSPS) is 22.2. The molecule has 0 spiro atoms. The van der Waals surface area contributed by atoms with Gasteiger partial charge in [-0.1, -0.05) is 13.5 Å². The molecule has 0 aromatic heterocycles. The van der Waals surface area contributed by atoms with Gasteiger partial charge in [-0.15, -0.1) is 0 Å². The predicted molar refractivity (Wildman–Crippen MR) is 58.5 cm³/mol. The fourth-order valence-electron chi connectivity index (χ4n) is 1.34. The summed E-state index contributed by atoms with van der Waals surface area (Å²) in [7, 11) is -3.50. The number of anilines is 1. The zero-order chi connectivity index (χ0) is 10.3. The van der Waals surface area contributed by atoms with Gasteiger partial charge in [0.2, 0.25) is 5.91 Å². The molecule has 82 valence electrons. The minimum atomic E-state index is -3.50. The van der Waals surface area contributed by atoms with E-state index >= 15 is 0 Å². The van der Waals surface area contributed by atoms with E-state index in [0.29, 0.717) is 5.69 Å². The topological polar surface area (TPSA) is 63.2 Å². The van der Waals surface area contributed by atoms with Crippen LogP contribution in [0.1, 0.15) is 14.4 Å². The molecule has 1 unspecified atom stereocenters. The third-order valence-electron chi connectivity index (χ3n) is 2.26. The number of carbonyl (C=O) groups excluding carboxylic acids is 1. The highest BCUT2D eigenvalue weighted by atomic mass is 32.2. The van der Waals surface area contributed by atoms with Gasteiger partial charge in [-0.05, 0) is 25.1 Å². The van der Waals surface area contributed by atoms with Crippen LogP contribution in [-0.2, 0) is 14.6 Å². The quantitative estimate of drug-likeness (QED) is 0.729. The molecular weight excluding hydrogens is 214 g/mol. The number of carbonyl (C=O) groups is 1. The predicted octanol–water partition coefficient (Wildman–Crippen LogP) is 1.44. The molecule has 0 radical (unpaired) electrons. The fraction of sp³-hybridized carbons (Fsp3) is 0.300. The Kier molecular flexibility index (Phi) is 2.86. The van der Waals surface area contributed by atoms with Crippen LogP contribution in [0.15, 0.2) is 29.2 Å². The minimum absolute atomic E-state index is 0. The molecule has 15 heavy (non-hydrogen) atoms. The summed E-state index contributed by atoms with van der Waals surface area (Å²) >= 11 is 0. The lowest BCUT2D eigenvalue weighted by molar-refractivity contribution is -0.115. The highest BCUT2D eigenvalue weighted by Gasteiger charge is 2.32. The van der Waals surface area contributed by atoms with Crippen molar-refractivity contribution in [1.29, 1.82) is 0 Å². The van der Waals surface area contributed by atoms with Gasteiger partial charge in [-0.2, -0.15) is 0 Å². The number of rotatable bonds is 0. The van der Waals surface area contributed by atoms with Crippen molar-refractivity contribution in [3.05, 3.63) is 24.3 Å². The molecular formula is C10H13NO3S. The van der Waals surface area contributed by atoms with Gasteiger partial charge in [0.15, 0.2) is 9.84 Å². The molecule has 1 N–H and O–H groups in total. The summed E-state index contributed by atoms with van der Waals surface area (Å²) in [6.07, 6.45) is 0. The lowest BCUT2D eigenvalue weighted by Gasteiger charge is -2.07. The third-order valence-corrected chi connectivity index (χ3v) is 4.32. The average Bonchev–Trinajstić information content (AvgIpc) is 2.20. The lowest BCUT2D eigenvalue weighted by atomic mass is 10.3. The maximum atomic E-state index is 11.7. The Morgan fingerprint density at radius 3 is 2.67 bits per heavy atom. The molecule has 1 aromatic rings. The van der Waals surface area contributed by atoms with Gasteiger partial charge in [0, 0.05) is 5.69 Å². The van der Waals surface area contributed by atoms with Crippen molar-refractivity contribution < 1.29 is 13.2 Å². The van der Waals surface area contributed by atoms with Crippen LogP contribution in [0.25, 0.3) is 0 Å². The van der Waals surface area contributed by atoms with Gasteiger partial charge in [0.1, 0.15) is 5.25 Å². The molecule has 0 saturated heterocycles. The van der Waals surface area contributed by atoms with E-state index in [2.05, 4.69) is 5.32 Å². The van der Waals surface area contributed by atoms with Crippen LogP contribution in [0.4, 0.5) is 5.69 Å². The fourth-order valence-corrected chi connectivity index (χ4v) is 2.65. The molecule has 1 aromatic carbocycles. The summed E-state index contributed by atoms with van der Waals surface area (Å²) in [5.41, 5.74) is 0.528. The molecule has 1 heterocycles. The first kappa shape index (κ1) is 11.7. The van der Waals surface area contributed by atoms with Gasteiger partial charge < -0.3 is 5.32 Å². The molecule has 4 nitrogen and oxygen atoms in total. The zero-order valence-electron chi connectivity index (χ0n) is 7.52. The number of sulfone groups is 1. The molecule has 1 atom stereocenters. The monoisotopic (exact) mass is 227 g/mol. The Hall–Kier alpha value is -1.36. The Bertz CT molecular complexity index is 493. The van der Waals surface area contributed by atoms with Crippen LogP contribution in [-0.4, -0.2) is 19.6 Å². The van der Waals surface area contributed by atoms with Crippen molar-refractivity contribution in [2.45, 2.75) is 24.5 Å². The molecule has 1 aliphatic heterocycles. The number of hydrogen-bond acceptors (Lipinski definition) is 3. The van der Waals surface area contributed by atoms with Crippen molar-refractivity contribution in [1.82, 2.24) is 0 Å². The summed E-state index contributed by atoms with van der Waals surface area (Å²) in [4.78, 5) is 11.6. The maximum absolute atomic E-state index is 11.7. The maximum Gasteiger partial charge on any atom is 0.242 e. The summed E-state index contributed by atoms with van der Waals surface area (Å²) in [5, 5.41) is 1.51. The molecule has 5 heteroatoms. The number of amides is 1. The highest BCUT2D eigenvalue weighted by Crippen LogP contribution is 2.24. The van der Waals surface area contributed by atoms with Crippen LogP contribution in [0.3, 0.4) is 0 Å². The smallest absolute Gasteiger partial charge is 0.242 e. The number of hydrogen-bond donors (Lipinski definition) is 1. The second kappa shape index (κ2) is 3.66. The van der Waals surface area contributed by atoms with Gasteiger partial charge in [-0.3, -0.25) is 4.79 Å². The summed E-state index contributed by atoms with van der Waals surface area (Å²) in [6.45, 7) is 1.39. The van der Waals surface area contributed by atoms with Crippen molar-refractivity contribution in [3.8, 4) is 0 Å². The average molecular weight is 227 g/mol. The summed E-state index contributed by atoms with van der Waals surface area (Å²) in [5.74, 6) is -0.480. The summed E-state index contributed by atoms with van der Waals surface area (Å²) in [6, 6.07) is 6.24. The van der Waals surface area contributed by atoms with Gasteiger partial charge >= 0.3 is 0 Å². The number of fused-ring (bicyclic) bond motifs is 2. The van der Waals surface area contributed by atoms with Crippen LogP contribution in [0.2, 0.25) is 0 Å². The lowest BCUT2D eigenvalue weighted by Crippen LogP contribution is -2.30. The summed E-state index contributed by atoms with van der Waals surface area (Å²) < 4.78 is 23.5. The molecule has 1 aliphatic rings. The second-order valence-electron chi connectivity index (χ2n) is 3.20. The number of benzene rings is 1. The molecule has 0 saturated carbocycles. The standard InChI is InChI=1S/C9H9NO3S.CH4/c1-6-9(11)10-7-3-2-4-8(5-7)14(6,12)13;/h2-6H,1H3,(H,10,11);1H4. The zero-order valence-corrected chi connectivity index (χ0v) is 8.34. The van der Waals surface area contributed by atoms with Crippen LogP contribution < -0.4 is 5.32 Å². The van der Waals surface area contributed by atoms with E-state index in [1.807, 2.05) is 0 Å². The highest BCUT2D eigenvalue weighted by molar-refractivity contribution is 7.92. The van der Waals surface area contributed by atoms with E-state index < -0.39 is 21.0 Å². The first-order valence-corrected chi connectivity index (χ1v) is 5.71. The molecule has 0 aliphatic carbocycles. The van der Waals surface area contributed by atoms with E-state index in [4.69, 9.17) is 0 Å². The van der Waals surface area contributed by atoms with E-state index in [-0.39, 0.29) is 12.3 Å². The molecule has 0 fully saturated rings. The van der Waals surface area contributed by atoms with Crippen molar-refractivity contribution in [3.63, 3.8) is 0 Å². The SMILES string of the molecule is C.CC1C(=O)Nc2cccc(c2)S1(=O)=O. The van der Waals surface area contributed by atoms with Crippen LogP contribution in [0.5, 0.6) is 0 Å². The van der Waals surface area contributed by atoms with Crippen molar-refractivity contribution in [2.24, 2.45) is 0 Å². The van der Waals surface area contributed by atoms with Crippen LogP contribution >= 0.6 is 0 Å². The first-order chi connectivity index (χ1) is 6.51. The third kappa shape index (κ3) is 1.74. The van der Waals surface area contributed by atoms with E-state index in [0.717, 1.165) is 0 Å². The van der Waals surface area contributed by atoms with Crippen molar-refractivity contribution >= 4 is 21.4 Å². The van der Waals surface area contributed by atoms with Crippen molar-refractivity contribution in [2.75, 3.05) is 5.32 Å². The Morgan fingerprint density at radius 2 is 2.00 bits per heavy atom. The Labute approximate surface area is 89.2 Å². The largest absolute Gasteiger partial charge is 0.325 e. The minimum Gasteiger partial charge on any atom is -0.325 e. The second-order valence-corrected chi connectivity index (χ2v) is 5.47. The number of nitrogens with one attached hydrogen (secondary N) is 1.